The number of anilines is 1. The first kappa shape index (κ1) is 16.2. The van der Waals surface area contributed by atoms with E-state index in [1.165, 1.54) is 18.5 Å². The van der Waals surface area contributed by atoms with E-state index in [0.717, 1.165) is 6.20 Å². The van der Waals surface area contributed by atoms with Gasteiger partial charge in [-0.15, -0.1) is 0 Å². The van der Waals surface area contributed by atoms with E-state index in [0.29, 0.717) is 11.4 Å². The molecule has 23 heavy (non-hydrogen) atoms. The predicted octanol–water partition coefficient (Wildman–Crippen LogP) is 2.90. The third-order valence-electron chi connectivity index (χ3n) is 2.66. The topological polar surface area (TPSA) is 86.9 Å². The van der Waals surface area contributed by atoms with Crippen molar-refractivity contribution in [3.63, 3.8) is 0 Å². The summed E-state index contributed by atoms with van der Waals surface area (Å²) in [5.41, 5.74) is 1.21. The lowest BCUT2D eigenvalue weighted by Crippen LogP contribution is -2.14. The van der Waals surface area contributed by atoms with Gasteiger partial charge in [-0.2, -0.15) is 0 Å². The molecule has 0 bridgehead atoms. The first-order valence-corrected chi connectivity index (χ1v) is 6.72. The fraction of sp³-hybridized carbons (Fsp3) is 0.0625. The number of rotatable bonds is 4. The zero-order valence-corrected chi connectivity index (χ0v) is 12.5. The molecule has 2 heterocycles. The Labute approximate surface area is 133 Å². The molecule has 7 heteroatoms. The average molecular weight is 310 g/mol. The Balaban J connectivity index is 2.30. The van der Waals surface area contributed by atoms with Crippen molar-refractivity contribution >= 4 is 17.4 Å². The number of aryl methyl sites for hydroxylation is 1. The molecule has 0 unspecified atom stereocenters. The van der Waals surface area contributed by atoms with E-state index >= 15 is 0 Å². The van der Waals surface area contributed by atoms with Gasteiger partial charge in [-0.25, -0.2) is 14.4 Å². The number of hydrogen-bond donors (Lipinski definition) is 2. The lowest BCUT2D eigenvalue weighted by molar-refractivity contribution is 0.626. The minimum absolute atomic E-state index is 0.0909. The Morgan fingerprint density at radius 2 is 2.17 bits per heavy atom. The van der Waals surface area contributed by atoms with Gasteiger partial charge in [-0.3, -0.25) is 15.4 Å². The van der Waals surface area contributed by atoms with Crippen LogP contribution in [0.2, 0.25) is 0 Å². The van der Waals surface area contributed by atoms with Gasteiger partial charge in [0.2, 0.25) is 0 Å². The molecule has 0 saturated heterocycles. The van der Waals surface area contributed by atoms with Gasteiger partial charge < -0.3 is 5.32 Å². The third kappa shape index (κ3) is 4.63. The Kier molecular flexibility index (Phi) is 5.40. The van der Waals surface area contributed by atoms with Crippen molar-refractivity contribution < 1.29 is 4.39 Å². The summed E-state index contributed by atoms with van der Waals surface area (Å²) in [5.74, 6) is -0.343. The Morgan fingerprint density at radius 3 is 2.87 bits per heavy atom. The van der Waals surface area contributed by atoms with E-state index in [-0.39, 0.29) is 17.4 Å². The fourth-order valence-electron chi connectivity index (χ4n) is 1.64. The molecule has 2 aromatic rings. The highest BCUT2D eigenvalue weighted by molar-refractivity contribution is 6.12. The van der Waals surface area contributed by atoms with Crippen LogP contribution in [0.25, 0.3) is 0 Å². The number of aromatic nitrogens is 3. The fourth-order valence-corrected chi connectivity index (χ4v) is 1.64. The summed E-state index contributed by atoms with van der Waals surface area (Å²) in [6, 6.07) is 1.47. The summed E-state index contributed by atoms with van der Waals surface area (Å²) >= 11 is 0. The number of allylic oxidation sites excluding steroid dienone is 2. The average Bonchev–Trinajstić information content (AvgIpc) is 2.54. The molecule has 0 aliphatic heterocycles. The number of halogens is 1. The van der Waals surface area contributed by atoms with Crippen LogP contribution < -0.4 is 5.32 Å². The van der Waals surface area contributed by atoms with Crippen LogP contribution in [0.1, 0.15) is 11.4 Å². The molecular formula is C16H15FN6. The van der Waals surface area contributed by atoms with Gasteiger partial charge in [0, 0.05) is 12.4 Å². The molecule has 116 valence electrons. The molecule has 2 N–H and O–H groups in total. The number of nitrogens with zero attached hydrogens (tertiary/aromatic N) is 4. The van der Waals surface area contributed by atoms with Crippen LogP contribution in [0.4, 0.5) is 10.1 Å². The van der Waals surface area contributed by atoms with Crippen LogP contribution in [0, 0.1) is 18.2 Å². The standard InChI is InChI=1S/C16H15FN6/c1-3-4-5-15(22-13-6-7-19-9-12(13)17)23-16(18)14-10-20-8-11(2)21-14/h3-10H,1H2,2H3,(H2,18,19,22,23)/b5-4+. The molecule has 0 aliphatic rings. The molecule has 6 nitrogen and oxygen atoms in total. The van der Waals surface area contributed by atoms with Crippen molar-refractivity contribution in [2.45, 2.75) is 6.92 Å². The monoisotopic (exact) mass is 310 g/mol. The normalized spacial score (nSPS) is 11.5. The second-order valence-corrected chi connectivity index (χ2v) is 4.47. The summed E-state index contributed by atoms with van der Waals surface area (Å²) in [6.45, 7) is 5.35. The van der Waals surface area contributed by atoms with Crippen molar-refractivity contribution in [3.05, 3.63) is 72.9 Å². The van der Waals surface area contributed by atoms with Crippen LogP contribution >= 0.6 is 0 Å². The summed E-state index contributed by atoms with van der Waals surface area (Å²) < 4.78 is 13.7. The van der Waals surface area contributed by atoms with Crippen molar-refractivity contribution in [1.82, 2.24) is 15.0 Å². The molecule has 0 saturated carbocycles. The van der Waals surface area contributed by atoms with Crippen LogP contribution in [0.3, 0.4) is 0 Å². The zero-order chi connectivity index (χ0) is 16.7. The van der Waals surface area contributed by atoms with E-state index in [1.807, 2.05) is 0 Å². The minimum Gasteiger partial charge on any atom is -0.338 e. The van der Waals surface area contributed by atoms with Crippen molar-refractivity contribution in [2.24, 2.45) is 4.99 Å². The Morgan fingerprint density at radius 1 is 1.35 bits per heavy atom. The molecule has 2 rings (SSSR count). The second-order valence-electron chi connectivity index (χ2n) is 4.47. The van der Waals surface area contributed by atoms with E-state index in [4.69, 9.17) is 5.41 Å². The van der Waals surface area contributed by atoms with Gasteiger partial charge in [-0.1, -0.05) is 18.7 Å². The van der Waals surface area contributed by atoms with Crippen LogP contribution in [-0.4, -0.2) is 26.6 Å². The first-order valence-electron chi connectivity index (χ1n) is 6.72. The molecule has 2 aromatic heterocycles. The summed E-state index contributed by atoms with van der Waals surface area (Å²) in [4.78, 5) is 16.0. The number of pyridine rings is 1. The third-order valence-corrected chi connectivity index (χ3v) is 2.66. The maximum atomic E-state index is 13.7. The highest BCUT2D eigenvalue weighted by atomic mass is 19.1. The lowest BCUT2D eigenvalue weighted by atomic mass is 10.3. The first-order chi connectivity index (χ1) is 11.1. The maximum Gasteiger partial charge on any atom is 0.174 e. The van der Waals surface area contributed by atoms with Gasteiger partial charge in [0.25, 0.3) is 0 Å². The van der Waals surface area contributed by atoms with E-state index < -0.39 is 5.82 Å². The summed E-state index contributed by atoms with van der Waals surface area (Å²) in [5, 5.41) is 10.8. The molecule has 0 aromatic carbocycles. The number of hydrogen-bond acceptors (Lipinski definition) is 4. The molecule has 0 atom stereocenters. The van der Waals surface area contributed by atoms with E-state index in [2.05, 4.69) is 31.8 Å². The Hall–Kier alpha value is -3.22. The highest BCUT2D eigenvalue weighted by Gasteiger charge is 2.07. The van der Waals surface area contributed by atoms with Crippen molar-refractivity contribution in [2.75, 3.05) is 5.32 Å². The molecule has 0 spiro atoms. The smallest absolute Gasteiger partial charge is 0.174 e. The summed E-state index contributed by atoms with van der Waals surface area (Å²) in [6.07, 6.45) is 10.3. The Bertz CT molecular complexity index is 782. The number of amidine groups is 2. The van der Waals surface area contributed by atoms with E-state index in [9.17, 15) is 4.39 Å². The van der Waals surface area contributed by atoms with Crippen LogP contribution in [-0.2, 0) is 0 Å². The van der Waals surface area contributed by atoms with E-state index in [1.54, 1.807) is 31.3 Å². The molecule has 0 radical (unpaired) electrons. The lowest BCUT2D eigenvalue weighted by Gasteiger charge is -2.07. The molecule has 0 amide bonds. The van der Waals surface area contributed by atoms with Crippen molar-refractivity contribution in [3.8, 4) is 0 Å². The molecule has 0 aliphatic carbocycles. The highest BCUT2D eigenvalue weighted by Crippen LogP contribution is 2.11. The van der Waals surface area contributed by atoms with Gasteiger partial charge in [0.1, 0.15) is 11.5 Å². The summed E-state index contributed by atoms with van der Waals surface area (Å²) in [7, 11) is 0. The quantitative estimate of drug-likeness (QED) is 0.516. The SMILES string of the molecule is C=C/C=C/C(=N\C(=N)c1cncc(C)n1)Nc1ccncc1F. The van der Waals surface area contributed by atoms with Gasteiger partial charge >= 0.3 is 0 Å². The van der Waals surface area contributed by atoms with Gasteiger partial charge in [0.15, 0.2) is 11.7 Å². The van der Waals surface area contributed by atoms with Gasteiger partial charge in [-0.05, 0) is 19.1 Å². The number of aliphatic imine (C=N–C) groups is 1. The van der Waals surface area contributed by atoms with Gasteiger partial charge in [0.05, 0.1) is 23.8 Å². The van der Waals surface area contributed by atoms with Crippen LogP contribution in [0.15, 0.2) is 60.7 Å². The molecule has 0 fully saturated rings. The largest absolute Gasteiger partial charge is 0.338 e. The zero-order valence-electron chi connectivity index (χ0n) is 12.5. The van der Waals surface area contributed by atoms with Crippen LogP contribution in [0.5, 0.6) is 0 Å². The number of nitrogens with one attached hydrogen (secondary N) is 2. The minimum atomic E-state index is -0.519. The maximum absolute atomic E-state index is 13.7. The van der Waals surface area contributed by atoms with Crippen molar-refractivity contribution in [1.29, 1.82) is 5.41 Å². The predicted molar refractivity (Wildman–Crippen MR) is 88.2 cm³/mol. The second kappa shape index (κ2) is 7.69. The molecular weight excluding hydrogens is 295 g/mol.